The highest BCUT2D eigenvalue weighted by Gasteiger charge is 2.49. The van der Waals surface area contributed by atoms with Gasteiger partial charge in [0.1, 0.15) is 0 Å². The Morgan fingerprint density at radius 2 is 1.10 bits per heavy atom. The third-order valence-electron chi connectivity index (χ3n) is 11.8. The Labute approximate surface area is 305 Å². The first-order valence-electron chi connectivity index (χ1n) is 18.5. The summed E-state index contributed by atoms with van der Waals surface area (Å²) in [6.07, 6.45) is 7.49. The van der Waals surface area contributed by atoms with E-state index in [9.17, 15) is 5.26 Å². The fraction of sp³-hybridized carbons (Fsp3) is 0.208. The van der Waals surface area contributed by atoms with Crippen LogP contribution in [0.5, 0.6) is 0 Å². The Morgan fingerprint density at radius 3 is 1.73 bits per heavy atom. The topological polar surface area (TPSA) is 62.5 Å². The second kappa shape index (κ2) is 13.0. The number of nitriles is 1. The average molecular weight is 673 g/mol. The normalized spacial score (nSPS) is 21.0. The monoisotopic (exact) mass is 672 g/mol. The van der Waals surface area contributed by atoms with Gasteiger partial charge >= 0.3 is 0 Å². The molecule has 2 aliphatic carbocycles. The van der Waals surface area contributed by atoms with Crippen molar-refractivity contribution in [2.45, 2.75) is 56.3 Å². The van der Waals surface area contributed by atoms with Crippen LogP contribution in [0.3, 0.4) is 0 Å². The van der Waals surface area contributed by atoms with E-state index >= 15 is 0 Å². The molecule has 4 nitrogen and oxygen atoms in total. The summed E-state index contributed by atoms with van der Waals surface area (Å²) >= 11 is 0. The van der Waals surface area contributed by atoms with Gasteiger partial charge in [0.25, 0.3) is 0 Å². The standard InChI is InChI=1S/C48H40N4/c1-47(42-22-20-38(21-23-42)46-51-44(36-10-4-2-5-11-36)50-45(52-46)37-12-6-3-7-13-37)29-34-9-8-26-48(30-34,32-47)43-24-18-35(19-25-43)40-17-16-39-27-33(31-49)14-15-41(39)28-40/h2-7,10-25,27-28,34H,8-9,26,29-30,32H2,1H3. The summed E-state index contributed by atoms with van der Waals surface area (Å²) in [6, 6.07) is 53.6. The fourth-order valence-corrected chi connectivity index (χ4v) is 9.33. The van der Waals surface area contributed by atoms with E-state index < -0.39 is 0 Å². The van der Waals surface area contributed by atoms with Crippen molar-refractivity contribution in [2.24, 2.45) is 5.92 Å². The predicted octanol–water partition coefficient (Wildman–Crippen LogP) is 11.7. The smallest absolute Gasteiger partial charge is 0.164 e. The van der Waals surface area contributed by atoms with Gasteiger partial charge in [0.15, 0.2) is 17.5 Å². The Kier molecular flexibility index (Phi) is 8.01. The maximum Gasteiger partial charge on any atom is 0.164 e. The first kappa shape index (κ1) is 32.0. The summed E-state index contributed by atoms with van der Waals surface area (Å²) in [5.41, 5.74) is 9.23. The van der Waals surface area contributed by atoms with Gasteiger partial charge in [-0.05, 0) is 93.7 Å². The van der Waals surface area contributed by atoms with Gasteiger partial charge in [0, 0.05) is 16.7 Å². The quantitative estimate of drug-likeness (QED) is 0.176. The number of rotatable bonds is 6. The molecule has 0 saturated heterocycles. The predicted molar refractivity (Wildman–Crippen MR) is 210 cm³/mol. The van der Waals surface area contributed by atoms with Crippen LogP contribution < -0.4 is 0 Å². The van der Waals surface area contributed by atoms with Crippen LogP contribution in [-0.2, 0) is 10.8 Å². The van der Waals surface area contributed by atoms with E-state index in [1.807, 2.05) is 48.5 Å². The van der Waals surface area contributed by atoms with E-state index in [0.717, 1.165) is 39.8 Å². The SMILES string of the molecule is CC1(c2ccc(-c3nc(-c4ccccc4)nc(-c4ccccc4)n3)cc2)CC2CCCC(c3ccc(-c4ccc5cc(C#N)ccc5c4)cc3)(C2)C1. The zero-order valence-electron chi connectivity index (χ0n) is 29.5. The molecule has 0 spiro atoms. The van der Waals surface area contributed by atoms with Crippen molar-refractivity contribution in [3.63, 3.8) is 0 Å². The third kappa shape index (κ3) is 5.97. The number of nitrogens with zero attached hydrogens (tertiary/aromatic N) is 4. The molecular formula is C48H40N4. The fourth-order valence-electron chi connectivity index (χ4n) is 9.33. The van der Waals surface area contributed by atoms with Crippen LogP contribution in [0.2, 0.25) is 0 Å². The van der Waals surface area contributed by atoms with Crippen LogP contribution in [0, 0.1) is 17.2 Å². The molecule has 0 aliphatic heterocycles. The van der Waals surface area contributed by atoms with E-state index in [1.54, 1.807) is 0 Å². The molecule has 2 aliphatic rings. The van der Waals surface area contributed by atoms with Crippen molar-refractivity contribution in [3.8, 4) is 51.4 Å². The molecule has 0 amide bonds. The van der Waals surface area contributed by atoms with Gasteiger partial charge in [-0.15, -0.1) is 0 Å². The van der Waals surface area contributed by atoms with Crippen molar-refractivity contribution in [3.05, 3.63) is 162 Å². The van der Waals surface area contributed by atoms with Gasteiger partial charge < -0.3 is 0 Å². The number of hydrogen-bond donors (Lipinski definition) is 0. The Hall–Kier alpha value is -5.92. The van der Waals surface area contributed by atoms with Crippen LogP contribution in [0.25, 0.3) is 56.1 Å². The molecule has 9 rings (SSSR count). The maximum atomic E-state index is 9.30. The van der Waals surface area contributed by atoms with E-state index in [1.165, 1.54) is 54.4 Å². The Bertz CT molecular complexity index is 2370. The highest BCUT2D eigenvalue weighted by atomic mass is 15.0. The van der Waals surface area contributed by atoms with Crippen LogP contribution in [0.4, 0.5) is 0 Å². The molecule has 52 heavy (non-hydrogen) atoms. The minimum atomic E-state index is 0.0741. The second-order valence-corrected chi connectivity index (χ2v) is 15.3. The number of benzene rings is 6. The molecule has 0 N–H and O–H groups in total. The minimum Gasteiger partial charge on any atom is -0.208 e. The van der Waals surface area contributed by atoms with Crippen molar-refractivity contribution in [1.82, 2.24) is 15.0 Å². The summed E-state index contributed by atoms with van der Waals surface area (Å²) in [7, 11) is 0. The molecule has 2 saturated carbocycles. The van der Waals surface area contributed by atoms with Crippen molar-refractivity contribution in [1.29, 1.82) is 5.26 Å². The molecule has 4 heteroatoms. The number of aromatic nitrogens is 3. The van der Waals surface area contributed by atoms with Crippen LogP contribution in [0.1, 0.15) is 62.1 Å². The summed E-state index contributed by atoms with van der Waals surface area (Å²) < 4.78 is 0. The zero-order chi connectivity index (χ0) is 35.1. The van der Waals surface area contributed by atoms with E-state index in [2.05, 4.69) is 110 Å². The number of hydrogen-bond acceptors (Lipinski definition) is 4. The molecule has 7 aromatic rings. The first-order valence-corrected chi connectivity index (χ1v) is 18.5. The molecule has 1 aromatic heterocycles. The van der Waals surface area contributed by atoms with E-state index in [-0.39, 0.29) is 10.8 Å². The Morgan fingerprint density at radius 1 is 0.558 bits per heavy atom. The van der Waals surface area contributed by atoms with Crippen molar-refractivity contribution in [2.75, 3.05) is 0 Å². The molecule has 2 bridgehead atoms. The summed E-state index contributed by atoms with van der Waals surface area (Å²) in [4.78, 5) is 14.8. The van der Waals surface area contributed by atoms with Crippen molar-refractivity contribution >= 4 is 10.8 Å². The van der Waals surface area contributed by atoms with Gasteiger partial charge in [0.05, 0.1) is 11.6 Å². The maximum absolute atomic E-state index is 9.30. The molecule has 0 radical (unpaired) electrons. The first-order chi connectivity index (χ1) is 25.5. The average Bonchev–Trinajstić information content (AvgIpc) is 3.21. The molecule has 3 unspecified atom stereocenters. The second-order valence-electron chi connectivity index (χ2n) is 15.3. The summed E-state index contributed by atoms with van der Waals surface area (Å²) in [5, 5.41) is 11.6. The largest absolute Gasteiger partial charge is 0.208 e. The van der Waals surface area contributed by atoms with Gasteiger partial charge in [0.2, 0.25) is 0 Å². The lowest BCUT2D eigenvalue weighted by Gasteiger charge is -2.53. The van der Waals surface area contributed by atoms with Crippen molar-refractivity contribution < 1.29 is 0 Å². The zero-order valence-corrected chi connectivity index (χ0v) is 29.5. The summed E-state index contributed by atoms with van der Waals surface area (Å²) in [6.45, 7) is 2.50. The van der Waals surface area contributed by atoms with E-state index in [0.29, 0.717) is 23.0 Å². The Balaban J connectivity index is 1.01. The molecule has 3 atom stereocenters. The molecule has 1 heterocycles. The lowest BCUT2D eigenvalue weighted by atomic mass is 9.51. The molecular weight excluding hydrogens is 633 g/mol. The third-order valence-corrected chi connectivity index (χ3v) is 11.8. The van der Waals surface area contributed by atoms with Gasteiger partial charge in [-0.3, -0.25) is 0 Å². The van der Waals surface area contributed by atoms with Crippen LogP contribution in [0.15, 0.2) is 146 Å². The number of fused-ring (bicyclic) bond motifs is 3. The van der Waals surface area contributed by atoms with Gasteiger partial charge in [-0.2, -0.15) is 5.26 Å². The molecule has 6 aromatic carbocycles. The highest BCUT2D eigenvalue weighted by molar-refractivity contribution is 5.88. The van der Waals surface area contributed by atoms with Crippen LogP contribution in [-0.4, -0.2) is 15.0 Å². The lowest BCUT2D eigenvalue weighted by Crippen LogP contribution is -2.46. The van der Waals surface area contributed by atoms with Crippen LogP contribution >= 0.6 is 0 Å². The highest BCUT2D eigenvalue weighted by Crippen LogP contribution is 2.57. The molecule has 252 valence electrons. The lowest BCUT2D eigenvalue weighted by molar-refractivity contribution is 0.0874. The van der Waals surface area contributed by atoms with Gasteiger partial charge in [-0.25, -0.2) is 15.0 Å². The van der Waals surface area contributed by atoms with Gasteiger partial charge in [-0.1, -0.05) is 147 Å². The van der Waals surface area contributed by atoms with E-state index in [4.69, 9.17) is 15.0 Å². The minimum absolute atomic E-state index is 0.0741. The summed E-state index contributed by atoms with van der Waals surface area (Å²) in [5.74, 6) is 2.78. The molecule has 2 fully saturated rings.